The first-order valence-electron chi connectivity index (χ1n) is 7.36. The van der Waals surface area contributed by atoms with Crippen molar-refractivity contribution in [2.45, 2.75) is 49.5 Å². The van der Waals surface area contributed by atoms with Gasteiger partial charge < -0.3 is 0 Å². The Morgan fingerprint density at radius 3 is 2.40 bits per heavy atom. The molecular weight excluding hydrogens is 338 g/mol. The molecule has 2 atom stereocenters. The summed E-state index contributed by atoms with van der Waals surface area (Å²) in [4.78, 5) is 0.423. The van der Waals surface area contributed by atoms with Crippen molar-refractivity contribution in [3.05, 3.63) is 28.7 Å². The van der Waals surface area contributed by atoms with Gasteiger partial charge in [0, 0.05) is 17.1 Å². The summed E-state index contributed by atoms with van der Waals surface area (Å²) in [5.74, 6) is 0.572. The molecule has 2 aliphatic rings. The van der Waals surface area contributed by atoms with Crippen molar-refractivity contribution in [1.82, 2.24) is 4.31 Å². The molecule has 2 fully saturated rings. The van der Waals surface area contributed by atoms with Crippen molar-refractivity contribution in [2.24, 2.45) is 5.92 Å². The lowest BCUT2D eigenvalue weighted by Crippen LogP contribution is -2.49. The summed E-state index contributed by atoms with van der Waals surface area (Å²) in [6, 6.07) is 7.23. The number of hydrogen-bond donors (Lipinski definition) is 0. The average Bonchev–Trinajstić information content (AvgIpc) is 2.47. The molecule has 0 unspecified atom stereocenters. The molecule has 3 rings (SSSR count). The third kappa shape index (κ3) is 2.68. The number of fused-ring (bicyclic) bond motifs is 1. The molecule has 1 aromatic rings. The highest BCUT2D eigenvalue weighted by molar-refractivity contribution is 9.10. The third-order valence-corrected chi connectivity index (χ3v) is 7.08. The van der Waals surface area contributed by atoms with Crippen molar-refractivity contribution >= 4 is 26.0 Å². The summed E-state index contributed by atoms with van der Waals surface area (Å²) < 4.78 is 28.4. The Bertz CT molecular complexity index is 568. The SMILES string of the molecule is O=S(=O)(c1ccc(Br)cc1)N1CCC[C@H]2CCCC[C@@H]21. The van der Waals surface area contributed by atoms with Crippen molar-refractivity contribution in [2.75, 3.05) is 6.54 Å². The van der Waals surface area contributed by atoms with Crippen molar-refractivity contribution in [3.8, 4) is 0 Å². The van der Waals surface area contributed by atoms with Gasteiger partial charge >= 0.3 is 0 Å². The van der Waals surface area contributed by atoms with Crippen LogP contribution in [0.15, 0.2) is 33.6 Å². The van der Waals surface area contributed by atoms with Gasteiger partial charge in [-0.15, -0.1) is 0 Å². The number of rotatable bonds is 2. The normalized spacial score (nSPS) is 28.1. The van der Waals surface area contributed by atoms with Crippen LogP contribution in [0.4, 0.5) is 0 Å². The number of nitrogens with zero attached hydrogens (tertiary/aromatic N) is 1. The van der Waals surface area contributed by atoms with Gasteiger partial charge in [-0.1, -0.05) is 28.8 Å². The molecule has 3 nitrogen and oxygen atoms in total. The second-order valence-corrected chi connectivity index (χ2v) is 8.63. The van der Waals surface area contributed by atoms with E-state index in [1.54, 1.807) is 28.6 Å². The standard InChI is InChI=1S/C15H20BrNO2S/c16-13-7-9-14(10-8-13)20(18,19)17-11-3-5-12-4-1-2-6-15(12)17/h7-10,12,15H,1-6,11H2/t12-,15+/m1/s1. The van der Waals surface area contributed by atoms with Gasteiger partial charge in [0.05, 0.1) is 4.90 Å². The van der Waals surface area contributed by atoms with Gasteiger partial charge in [0.25, 0.3) is 0 Å². The molecule has 5 heteroatoms. The minimum atomic E-state index is -3.34. The van der Waals surface area contributed by atoms with Crippen LogP contribution >= 0.6 is 15.9 Å². The minimum absolute atomic E-state index is 0.228. The molecule has 0 spiro atoms. The van der Waals surface area contributed by atoms with Gasteiger partial charge in [-0.2, -0.15) is 4.31 Å². The molecule has 0 aromatic heterocycles. The lowest BCUT2D eigenvalue weighted by atomic mass is 9.79. The first-order valence-corrected chi connectivity index (χ1v) is 9.60. The molecule has 1 heterocycles. The highest BCUT2D eigenvalue weighted by atomic mass is 79.9. The fraction of sp³-hybridized carbons (Fsp3) is 0.600. The maximum absolute atomic E-state index is 12.9. The number of hydrogen-bond acceptors (Lipinski definition) is 2. The molecule has 1 aliphatic carbocycles. The summed E-state index contributed by atoms with van der Waals surface area (Å²) in [5, 5.41) is 0. The molecule has 0 N–H and O–H groups in total. The molecule has 1 aromatic carbocycles. The van der Waals surface area contributed by atoms with Crippen LogP contribution < -0.4 is 0 Å². The van der Waals surface area contributed by atoms with Crippen molar-refractivity contribution < 1.29 is 8.42 Å². The van der Waals surface area contributed by atoms with E-state index in [1.807, 2.05) is 0 Å². The van der Waals surface area contributed by atoms with Crippen LogP contribution in [0.1, 0.15) is 38.5 Å². The van der Waals surface area contributed by atoms with Crippen LogP contribution in [0.2, 0.25) is 0 Å². The molecule has 1 saturated heterocycles. The summed E-state index contributed by atoms with van der Waals surface area (Å²) in [6.45, 7) is 0.680. The summed E-state index contributed by atoms with van der Waals surface area (Å²) in [7, 11) is -3.34. The summed E-state index contributed by atoms with van der Waals surface area (Å²) in [6.07, 6.45) is 6.83. The zero-order valence-electron chi connectivity index (χ0n) is 11.5. The Morgan fingerprint density at radius 1 is 1.00 bits per heavy atom. The Kier molecular flexibility index (Phi) is 4.20. The molecule has 0 bridgehead atoms. The van der Waals surface area contributed by atoms with Gasteiger partial charge in [0.1, 0.15) is 0 Å². The quantitative estimate of drug-likeness (QED) is 0.807. The van der Waals surface area contributed by atoms with E-state index in [9.17, 15) is 8.42 Å². The van der Waals surface area contributed by atoms with E-state index in [-0.39, 0.29) is 6.04 Å². The first-order chi connectivity index (χ1) is 9.59. The third-order valence-electron chi connectivity index (χ3n) is 4.61. The Labute approximate surface area is 129 Å². The molecule has 1 saturated carbocycles. The van der Waals surface area contributed by atoms with E-state index < -0.39 is 10.0 Å². The average molecular weight is 358 g/mol. The summed E-state index contributed by atoms with van der Waals surface area (Å²) >= 11 is 3.36. The van der Waals surface area contributed by atoms with Crippen LogP contribution in [0.25, 0.3) is 0 Å². The Hall–Kier alpha value is -0.390. The van der Waals surface area contributed by atoms with E-state index in [2.05, 4.69) is 15.9 Å². The van der Waals surface area contributed by atoms with Crippen LogP contribution in [0.3, 0.4) is 0 Å². The van der Waals surface area contributed by atoms with Crippen LogP contribution in [-0.2, 0) is 10.0 Å². The zero-order chi connectivity index (χ0) is 14.2. The Morgan fingerprint density at radius 2 is 1.65 bits per heavy atom. The van der Waals surface area contributed by atoms with Crippen LogP contribution in [0, 0.1) is 5.92 Å². The van der Waals surface area contributed by atoms with Crippen LogP contribution in [0.5, 0.6) is 0 Å². The molecule has 20 heavy (non-hydrogen) atoms. The lowest BCUT2D eigenvalue weighted by Gasteiger charge is -2.43. The highest BCUT2D eigenvalue weighted by Gasteiger charge is 2.39. The highest BCUT2D eigenvalue weighted by Crippen LogP contribution is 2.38. The lowest BCUT2D eigenvalue weighted by molar-refractivity contribution is 0.129. The molecule has 110 valence electrons. The maximum atomic E-state index is 12.9. The predicted molar refractivity (Wildman–Crippen MR) is 83.0 cm³/mol. The second kappa shape index (κ2) is 5.78. The largest absolute Gasteiger partial charge is 0.243 e. The number of sulfonamides is 1. The topological polar surface area (TPSA) is 37.4 Å². The van der Waals surface area contributed by atoms with Gasteiger partial charge in [0.15, 0.2) is 0 Å². The minimum Gasteiger partial charge on any atom is -0.207 e. The van der Waals surface area contributed by atoms with E-state index in [4.69, 9.17) is 0 Å². The number of halogens is 1. The number of piperidine rings is 1. The predicted octanol–water partition coefficient (Wildman–Crippen LogP) is 3.79. The smallest absolute Gasteiger partial charge is 0.207 e. The zero-order valence-corrected chi connectivity index (χ0v) is 13.9. The van der Waals surface area contributed by atoms with Crippen molar-refractivity contribution in [1.29, 1.82) is 0 Å². The van der Waals surface area contributed by atoms with Gasteiger partial charge in [-0.3, -0.25) is 0 Å². The molecular formula is C15H20BrNO2S. The van der Waals surface area contributed by atoms with E-state index in [1.165, 1.54) is 19.3 Å². The monoisotopic (exact) mass is 357 g/mol. The molecule has 0 amide bonds. The molecule has 0 radical (unpaired) electrons. The van der Waals surface area contributed by atoms with Gasteiger partial charge in [-0.25, -0.2) is 8.42 Å². The van der Waals surface area contributed by atoms with E-state index >= 15 is 0 Å². The second-order valence-electron chi connectivity index (χ2n) is 5.82. The summed E-state index contributed by atoms with van der Waals surface area (Å²) in [5.41, 5.74) is 0. The molecule has 1 aliphatic heterocycles. The van der Waals surface area contributed by atoms with E-state index in [0.717, 1.165) is 23.7 Å². The van der Waals surface area contributed by atoms with Gasteiger partial charge in [-0.05, 0) is 55.9 Å². The van der Waals surface area contributed by atoms with Crippen molar-refractivity contribution in [3.63, 3.8) is 0 Å². The maximum Gasteiger partial charge on any atom is 0.243 e. The fourth-order valence-electron chi connectivity index (χ4n) is 3.62. The van der Waals surface area contributed by atoms with Crippen LogP contribution in [-0.4, -0.2) is 25.3 Å². The van der Waals surface area contributed by atoms with E-state index in [0.29, 0.717) is 17.4 Å². The Balaban J connectivity index is 1.91. The fourth-order valence-corrected chi connectivity index (χ4v) is 5.64. The van der Waals surface area contributed by atoms with Gasteiger partial charge in [0.2, 0.25) is 10.0 Å². The number of benzene rings is 1. The first kappa shape index (κ1) is 14.5.